The first-order chi connectivity index (χ1) is 12.7. The first-order valence-corrected chi connectivity index (χ1v) is 8.52. The molecule has 3 aromatic carbocycles. The van der Waals surface area contributed by atoms with Gasteiger partial charge in [-0.1, -0.05) is 78.3 Å². The molecule has 0 saturated heterocycles. The molecule has 4 heteroatoms. The van der Waals surface area contributed by atoms with Crippen molar-refractivity contribution in [1.29, 1.82) is 0 Å². The number of hydrogen-bond donors (Lipinski definition) is 1. The highest BCUT2D eigenvalue weighted by Gasteiger charge is 2.05. The van der Waals surface area contributed by atoms with Crippen LogP contribution in [-0.4, -0.2) is 11.6 Å². The van der Waals surface area contributed by atoms with E-state index in [1.165, 1.54) is 0 Å². The van der Waals surface area contributed by atoms with Crippen LogP contribution >= 0.6 is 11.6 Å². The highest BCUT2D eigenvalue weighted by molar-refractivity contribution is 6.30. The molecule has 0 atom stereocenters. The van der Waals surface area contributed by atoms with Gasteiger partial charge in [0, 0.05) is 16.1 Å². The van der Waals surface area contributed by atoms with E-state index in [2.05, 4.69) is 10.5 Å². The summed E-state index contributed by atoms with van der Waals surface area (Å²) < 4.78 is 0. The second-order valence-electron chi connectivity index (χ2n) is 5.55. The Hall–Kier alpha value is -3.17. The van der Waals surface area contributed by atoms with Crippen LogP contribution in [0.5, 0.6) is 0 Å². The predicted molar refractivity (Wildman–Crippen MR) is 107 cm³/mol. The average molecular weight is 361 g/mol. The molecule has 3 aromatic rings. The fourth-order valence-corrected chi connectivity index (χ4v) is 2.45. The van der Waals surface area contributed by atoms with E-state index in [9.17, 15) is 4.79 Å². The SMILES string of the molecule is O=C(NN=C(/C=C\c1ccccc1)c1ccccc1)c1ccc(Cl)cc1. The molecule has 1 amide bonds. The Morgan fingerprint density at radius 2 is 1.42 bits per heavy atom. The van der Waals surface area contributed by atoms with E-state index < -0.39 is 0 Å². The Morgan fingerprint density at radius 3 is 2.08 bits per heavy atom. The summed E-state index contributed by atoms with van der Waals surface area (Å²) in [6.07, 6.45) is 3.84. The maximum Gasteiger partial charge on any atom is 0.271 e. The lowest BCUT2D eigenvalue weighted by Crippen LogP contribution is -2.19. The van der Waals surface area contributed by atoms with Gasteiger partial charge in [-0.3, -0.25) is 4.79 Å². The van der Waals surface area contributed by atoms with Crippen molar-refractivity contribution in [1.82, 2.24) is 5.43 Å². The number of carbonyl (C=O) groups excluding carboxylic acids is 1. The fourth-order valence-electron chi connectivity index (χ4n) is 2.32. The Balaban J connectivity index is 1.83. The van der Waals surface area contributed by atoms with Crippen molar-refractivity contribution in [3.05, 3.63) is 113 Å². The molecule has 3 rings (SSSR count). The maximum absolute atomic E-state index is 12.3. The van der Waals surface area contributed by atoms with E-state index in [-0.39, 0.29) is 5.91 Å². The van der Waals surface area contributed by atoms with E-state index in [0.717, 1.165) is 11.1 Å². The third-order valence-corrected chi connectivity index (χ3v) is 3.94. The zero-order chi connectivity index (χ0) is 18.2. The molecule has 0 radical (unpaired) electrons. The lowest BCUT2D eigenvalue weighted by Gasteiger charge is -2.04. The van der Waals surface area contributed by atoms with Gasteiger partial charge in [0.15, 0.2) is 0 Å². The van der Waals surface area contributed by atoms with Gasteiger partial charge in [-0.15, -0.1) is 0 Å². The topological polar surface area (TPSA) is 41.5 Å². The average Bonchev–Trinajstić information content (AvgIpc) is 2.70. The summed E-state index contributed by atoms with van der Waals surface area (Å²) in [6, 6.07) is 26.3. The van der Waals surface area contributed by atoms with E-state index in [4.69, 9.17) is 11.6 Å². The summed E-state index contributed by atoms with van der Waals surface area (Å²) in [5.41, 5.74) is 5.74. The summed E-state index contributed by atoms with van der Waals surface area (Å²) in [6.45, 7) is 0. The van der Waals surface area contributed by atoms with Crippen molar-refractivity contribution < 1.29 is 4.79 Å². The lowest BCUT2D eigenvalue weighted by molar-refractivity contribution is 0.0955. The van der Waals surface area contributed by atoms with Crippen molar-refractivity contribution in [3.8, 4) is 0 Å². The zero-order valence-corrected chi connectivity index (χ0v) is 14.7. The summed E-state index contributed by atoms with van der Waals surface area (Å²) in [5, 5.41) is 4.89. The standard InChI is InChI=1S/C22H17ClN2O/c23-20-14-12-19(13-15-20)22(26)25-24-21(18-9-5-2-6-10-18)16-11-17-7-3-1-4-8-17/h1-16H,(H,25,26)/b16-11-,24-21?. The number of nitrogens with one attached hydrogen (secondary N) is 1. The number of halogens is 1. The predicted octanol–water partition coefficient (Wildman–Crippen LogP) is 5.19. The Bertz CT molecular complexity index is 917. The van der Waals surface area contributed by atoms with E-state index in [0.29, 0.717) is 16.3 Å². The quantitative estimate of drug-likeness (QED) is 0.494. The van der Waals surface area contributed by atoms with Gasteiger partial charge in [-0.05, 0) is 35.9 Å². The summed E-state index contributed by atoms with van der Waals surface area (Å²) in [4.78, 5) is 12.3. The number of hydrogen-bond acceptors (Lipinski definition) is 2. The van der Waals surface area contributed by atoms with Crippen molar-refractivity contribution >= 4 is 29.3 Å². The monoisotopic (exact) mass is 360 g/mol. The number of benzene rings is 3. The minimum absolute atomic E-state index is 0.289. The largest absolute Gasteiger partial charge is 0.271 e. The minimum atomic E-state index is -0.289. The highest BCUT2D eigenvalue weighted by atomic mass is 35.5. The molecule has 0 heterocycles. The number of carbonyl (C=O) groups is 1. The van der Waals surface area contributed by atoms with Crippen molar-refractivity contribution in [2.75, 3.05) is 0 Å². The molecule has 1 N–H and O–H groups in total. The molecule has 0 bridgehead atoms. The maximum atomic E-state index is 12.3. The van der Waals surface area contributed by atoms with E-state index >= 15 is 0 Å². The normalized spacial score (nSPS) is 11.5. The molecular formula is C22H17ClN2O. The molecule has 0 aliphatic carbocycles. The van der Waals surface area contributed by atoms with Gasteiger partial charge in [0.05, 0.1) is 5.71 Å². The Morgan fingerprint density at radius 1 is 0.808 bits per heavy atom. The molecule has 26 heavy (non-hydrogen) atoms. The molecule has 0 spiro atoms. The van der Waals surface area contributed by atoms with E-state index in [1.807, 2.05) is 72.8 Å². The van der Waals surface area contributed by atoms with Crippen LogP contribution in [0.4, 0.5) is 0 Å². The second kappa shape index (κ2) is 8.79. The third kappa shape index (κ3) is 4.91. The summed E-state index contributed by atoms with van der Waals surface area (Å²) >= 11 is 5.85. The van der Waals surface area contributed by atoms with Gasteiger partial charge >= 0.3 is 0 Å². The van der Waals surface area contributed by atoms with Crippen LogP contribution in [0.15, 0.2) is 96.1 Å². The highest BCUT2D eigenvalue weighted by Crippen LogP contribution is 2.10. The second-order valence-corrected chi connectivity index (χ2v) is 5.99. The summed E-state index contributed by atoms with van der Waals surface area (Å²) in [5.74, 6) is -0.289. The van der Waals surface area contributed by atoms with Crippen LogP contribution in [-0.2, 0) is 0 Å². The van der Waals surface area contributed by atoms with Crippen LogP contribution in [0.1, 0.15) is 21.5 Å². The van der Waals surface area contributed by atoms with Crippen LogP contribution in [0.3, 0.4) is 0 Å². The zero-order valence-electron chi connectivity index (χ0n) is 14.0. The van der Waals surface area contributed by atoms with Gasteiger partial charge < -0.3 is 0 Å². The first kappa shape index (κ1) is 17.6. The number of allylic oxidation sites excluding steroid dienone is 1. The number of rotatable bonds is 5. The van der Waals surface area contributed by atoms with Crippen LogP contribution < -0.4 is 5.43 Å². The molecule has 128 valence electrons. The Kier molecular flexibility index (Phi) is 5.96. The number of hydrazone groups is 1. The van der Waals surface area contributed by atoms with Crippen molar-refractivity contribution in [2.45, 2.75) is 0 Å². The van der Waals surface area contributed by atoms with Crippen molar-refractivity contribution in [3.63, 3.8) is 0 Å². The van der Waals surface area contributed by atoms with Crippen LogP contribution in [0.25, 0.3) is 6.08 Å². The molecule has 0 unspecified atom stereocenters. The number of amides is 1. The molecule has 0 saturated carbocycles. The minimum Gasteiger partial charge on any atom is -0.267 e. The van der Waals surface area contributed by atoms with Gasteiger partial charge in [0.1, 0.15) is 0 Å². The third-order valence-electron chi connectivity index (χ3n) is 3.69. The van der Waals surface area contributed by atoms with Gasteiger partial charge in [-0.2, -0.15) is 5.10 Å². The smallest absolute Gasteiger partial charge is 0.267 e. The van der Waals surface area contributed by atoms with Gasteiger partial charge in [0.25, 0.3) is 5.91 Å². The lowest BCUT2D eigenvalue weighted by atomic mass is 10.1. The number of nitrogens with zero attached hydrogens (tertiary/aromatic N) is 1. The van der Waals surface area contributed by atoms with Crippen LogP contribution in [0.2, 0.25) is 5.02 Å². The van der Waals surface area contributed by atoms with Gasteiger partial charge in [-0.25, -0.2) is 5.43 Å². The summed E-state index contributed by atoms with van der Waals surface area (Å²) in [7, 11) is 0. The first-order valence-electron chi connectivity index (χ1n) is 8.14. The van der Waals surface area contributed by atoms with Crippen molar-refractivity contribution in [2.24, 2.45) is 5.10 Å². The molecule has 0 aliphatic rings. The fraction of sp³-hybridized carbons (Fsp3) is 0. The Labute approximate surface area is 157 Å². The van der Waals surface area contributed by atoms with Crippen LogP contribution in [0, 0.1) is 0 Å². The van der Waals surface area contributed by atoms with E-state index in [1.54, 1.807) is 24.3 Å². The molecule has 0 aromatic heterocycles. The van der Waals surface area contributed by atoms with Gasteiger partial charge in [0.2, 0.25) is 0 Å². The molecular weight excluding hydrogens is 344 g/mol. The molecule has 0 aliphatic heterocycles. The molecule has 3 nitrogen and oxygen atoms in total. The molecule has 0 fully saturated rings.